The van der Waals surface area contributed by atoms with Crippen molar-refractivity contribution in [1.29, 1.82) is 0 Å². The van der Waals surface area contributed by atoms with Crippen molar-refractivity contribution in [3.8, 4) is 0 Å². The maximum absolute atomic E-state index is 15.7. The summed E-state index contributed by atoms with van der Waals surface area (Å²) < 4.78 is 25.6. The zero-order chi connectivity index (χ0) is 20.4. The number of imide groups is 1. The molecule has 8 heteroatoms. The first kappa shape index (κ1) is 20.5. The average molecular weight is 379 g/mol. The van der Waals surface area contributed by atoms with E-state index in [1.54, 1.807) is 20.8 Å². The van der Waals surface area contributed by atoms with E-state index in [-0.39, 0.29) is 22.6 Å². The van der Waals surface area contributed by atoms with Gasteiger partial charge in [-0.05, 0) is 39.8 Å². The van der Waals surface area contributed by atoms with Crippen LogP contribution in [0.3, 0.4) is 0 Å². The Morgan fingerprint density at radius 2 is 1.59 bits per heavy atom. The Hall–Kier alpha value is -2.77. The number of rotatable bonds is 6. The van der Waals surface area contributed by atoms with Gasteiger partial charge in [-0.25, -0.2) is 14.1 Å². The van der Waals surface area contributed by atoms with Gasteiger partial charge in [0.25, 0.3) is 17.6 Å². The Labute approximate surface area is 156 Å². The van der Waals surface area contributed by atoms with E-state index in [2.05, 4.69) is 0 Å². The highest BCUT2D eigenvalue weighted by Gasteiger charge is 2.55. The summed E-state index contributed by atoms with van der Waals surface area (Å²) in [5, 5.41) is 0. The number of hydrogen-bond acceptors (Lipinski definition) is 6. The third-order valence-electron chi connectivity index (χ3n) is 3.82. The topological polar surface area (TPSA) is 90.0 Å². The quantitative estimate of drug-likeness (QED) is 0.429. The van der Waals surface area contributed by atoms with Gasteiger partial charge in [0.2, 0.25) is 0 Å². The smallest absolute Gasteiger partial charge is 0.365 e. The minimum atomic E-state index is -3.11. The molecule has 0 aliphatic carbocycles. The van der Waals surface area contributed by atoms with Crippen LogP contribution in [0, 0.1) is 0 Å². The molecule has 0 saturated carbocycles. The fourth-order valence-electron chi connectivity index (χ4n) is 2.72. The Morgan fingerprint density at radius 1 is 1.07 bits per heavy atom. The molecule has 0 aromatic heterocycles. The zero-order valence-corrected chi connectivity index (χ0v) is 15.7. The van der Waals surface area contributed by atoms with Gasteiger partial charge in [0.1, 0.15) is 5.60 Å². The minimum Gasteiger partial charge on any atom is -0.462 e. The van der Waals surface area contributed by atoms with Crippen LogP contribution in [0.15, 0.2) is 24.3 Å². The van der Waals surface area contributed by atoms with Crippen LogP contribution in [-0.4, -0.2) is 46.7 Å². The van der Waals surface area contributed by atoms with Crippen molar-refractivity contribution in [2.45, 2.75) is 51.9 Å². The van der Waals surface area contributed by atoms with Gasteiger partial charge in [-0.15, -0.1) is 0 Å². The van der Waals surface area contributed by atoms with Gasteiger partial charge in [0.15, 0.2) is 0 Å². The molecule has 1 aliphatic heterocycles. The second-order valence-electron chi connectivity index (χ2n) is 7.06. The summed E-state index contributed by atoms with van der Waals surface area (Å²) in [7, 11) is 0. The van der Waals surface area contributed by atoms with E-state index < -0.39 is 48.0 Å². The van der Waals surface area contributed by atoms with E-state index >= 15 is 4.39 Å². The molecule has 1 heterocycles. The SMILES string of the molecule is CCOC(=O)C(F)(CCC(=O)OC(C)(C)C)N1C(=O)c2ccccc2C1=O. The van der Waals surface area contributed by atoms with Gasteiger partial charge in [-0.1, -0.05) is 12.1 Å². The molecule has 27 heavy (non-hydrogen) atoms. The van der Waals surface area contributed by atoms with Gasteiger partial charge in [-0.2, -0.15) is 0 Å². The predicted octanol–water partition coefficient (Wildman–Crippen LogP) is 2.63. The van der Waals surface area contributed by atoms with E-state index in [0.717, 1.165) is 0 Å². The summed E-state index contributed by atoms with van der Waals surface area (Å²) in [6.45, 7) is 6.24. The van der Waals surface area contributed by atoms with Gasteiger partial charge >= 0.3 is 11.9 Å². The van der Waals surface area contributed by atoms with Crippen LogP contribution >= 0.6 is 0 Å². The van der Waals surface area contributed by atoms with Crippen LogP contribution in [0.4, 0.5) is 4.39 Å². The molecular weight excluding hydrogens is 357 g/mol. The first-order chi connectivity index (χ1) is 12.5. The summed E-state index contributed by atoms with van der Waals surface area (Å²) in [6, 6.07) is 5.79. The number of alkyl halides is 1. The van der Waals surface area contributed by atoms with E-state index in [1.807, 2.05) is 0 Å². The number of nitrogens with zero attached hydrogens (tertiary/aromatic N) is 1. The van der Waals surface area contributed by atoms with Crippen molar-refractivity contribution < 1.29 is 33.0 Å². The monoisotopic (exact) mass is 379 g/mol. The third kappa shape index (κ3) is 4.15. The normalized spacial score (nSPS) is 16.0. The number of ether oxygens (including phenoxy) is 2. The standard InChI is InChI=1S/C19H22FNO6/c1-5-26-17(25)19(20,11-10-14(22)27-18(2,3)4)21-15(23)12-8-6-7-9-13(12)16(21)24/h6-9H,5,10-11H2,1-4H3. The molecule has 0 radical (unpaired) electrons. The number of esters is 2. The highest BCUT2D eigenvalue weighted by molar-refractivity contribution is 6.23. The summed E-state index contributed by atoms with van der Waals surface area (Å²) in [6.07, 6.45) is -1.27. The molecule has 146 valence electrons. The van der Waals surface area contributed by atoms with Crippen molar-refractivity contribution in [2.75, 3.05) is 6.61 Å². The molecule has 0 saturated heterocycles. The predicted molar refractivity (Wildman–Crippen MR) is 92.5 cm³/mol. The summed E-state index contributed by atoms with van der Waals surface area (Å²) in [4.78, 5) is 49.6. The maximum Gasteiger partial charge on any atom is 0.365 e. The highest BCUT2D eigenvalue weighted by Crippen LogP contribution is 2.34. The van der Waals surface area contributed by atoms with E-state index in [1.165, 1.54) is 31.2 Å². The molecular formula is C19H22FNO6. The van der Waals surface area contributed by atoms with Crippen LogP contribution in [0.25, 0.3) is 0 Å². The van der Waals surface area contributed by atoms with Crippen molar-refractivity contribution in [3.05, 3.63) is 35.4 Å². The lowest BCUT2D eigenvalue weighted by atomic mass is 10.1. The Balaban J connectivity index is 2.32. The highest BCUT2D eigenvalue weighted by atomic mass is 19.1. The number of benzene rings is 1. The summed E-state index contributed by atoms with van der Waals surface area (Å²) in [5.41, 5.74) is -0.813. The van der Waals surface area contributed by atoms with Crippen LogP contribution < -0.4 is 0 Å². The zero-order valence-electron chi connectivity index (χ0n) is 15.7. The fourth-order valence-corrected chi connectivity index (χ4v) is 2.72. The molecule has 1 unspecified atom stereocenters. The first-order valence-electron chi connectivity index (χ1n) is 8.57. The molecule has 1 aromatic rings. The van der Waals surface area contributed by atoms with Crippen molar-refractivity contribution in [1.82, 2.24) is 4.90 Å². The first-order valence-corrected chi connectivity index (χ1v) is 8.57. The van der Waals surface area contributed by atoms with Gasteiger partial charge in [0, 0.05) is 6.42 Å². The third-order valence-corrected chi connectivity index (χ3v) is 3.82. The second kappa shape index (κ2) is 7.46. The molecule has 0 spiro atoms. The lowest BCUT2D eigenvalue weighted by Crippen LogP contribution is -2.55. The lowest BCUT2D eigenvalue weighted by molar-refractivity contribution is -0.169. The van der Waals surface area contributed by atoms with Gasteiger partial charge < -0.3 is 9.47 Å². The summed E-state index contributed by atoms with van der Waals surface area (Å²) in [5.74, 6) is -7.17. The Morgan fingerprint density at radius 3 is 2.04 bits per heavy atom. The molecule has 0 N–H and O–H groups in total. The van der Waals surface area contributed by atoms with Crippen molar-refractivity contribution >= 4 is 23.8 Å². The van der Waals surface area contributed by atoms with Gasteiger partial charge in [0.05, 0.1) is 24.2 Å². The second-order valence-corrected chi connectivity index (χ2v) is 7.06. The van der Waals surface area contributed by atoms with E-state index in [0.29, 0.717) is 0 Å². The Kier molecular flexibility index (Phi) is 5.67. The molecule has 2 rings (SSSR count). The van der Waals surface area contributed by atoms with E-state index in [9.17, 15) is 19.2 Å². The number of halogens is 1. The minimum absolute atomic E-state index is 0.00825. The van der Waals surface area contributed by atoms with Gasteiger partial charge in [-0.3, -0.25) is 14.4 Å². The van der Waals surface area contributed by atoms with Crippen molar-refractivity contribution in [3.63, 3.8) is 0 Å². The molecule has 7 nitrogen and oxygen atoms in total. The lowest BCUT2D eigenvalue weighted by Gasteiger charge is -2.31. The molecule has 2 amide bonds. The van der Waals surface area contributed by atoms with Crippen LogP contribution in [0.2, 0.25) is 0 Å². The largest absolute Gasteiger partial charge is 0.462 e. The summed E-state index contributed by atoms with van der Waals surface area (Å²) >= 11 is 0. The van der Waals surface area contributed by atoms with E-state index in [4.69, 9.17) is 9.47 Å². The molecule has 0 bridgehead atoms. The molecule has 1 atom stereocenters. The van der Waals surface area contributed by atoms with Crippen molar-refractivity contribution in [2.24, 2.45) is 0 Å². The maximum atomic E-state index is 15.7. The average Bonchev–Trinajstić information content (AvgIpc) is 2.83. The Bertz CT molecular complexity index is 750. The van der Waals surface area contributed by atoms with Crippen LogP contribution in [0.5, 0.6) is 0 Å². The molecule has 1 aliphatic rings. The van der Waals surface area contributed by atoms with Crippen LogP contribution in [-0.2, 0) is 19.1 Å². The number of amides is 2. The number of hydrogen-bond donors (Lipinski definition) is 0. The molecule has 0 fully saturated rings. The number of carbonyl (C=O) groups excluding carboxylic acids is 4. The number of fused-ring (bicyclic) bond motifs is 1. The fraction of sp³-hybridized carbons (Fsp3) is 0.474. The molecule has 1 aromatic carbocycles. The number of carbonyl (C=O) groups is 4. The van der Waals surface area contributed by atoms with Crippen LogP contribution in [0.1, 0.15) is 61.3 Å².